The molecule has 0 saturated carbocycles. The molecule has 3 amide bonds. The molecule has 1 atom stereocenters. The maximum Gasteiger partial charge on any atom is 0.272 e. The fraction of sp³-hybridized carbons (Fsp3) is 0.0645. The molecule has 0 aliphatic carbocycles. The van der Waals surface area contributed by atoms with Crippen LogP contribution in [0.1, 0.15) is 22.8 Å². The Labute approximate surface area is 236 Å². The fourth-order valence-corrected chi connectivity index (χ4v) is 4.59. The Bertz CT molecular complexity index is 1480. The largest absolute Gasteiger partial charge is 0.325 e. The summed E-state index contributed by atoms with van der Waals surface area (Å²) in [7, 11) is 0. The lowest BCUT2D eigenvalue weighted by molar-refractivity contribution is -0.115. The Morgan fingerprint density at radius 2 is 1.41 bits per heavy atom. The minimum atomic E-state index is -0.494. The minimum Gasteiger partial charge on any atom is -0.325 e. The van der Waals surface area contributed by atoms with Crippen molar-refractivity contribution in [2.24, 2.45) is 0 Å². The van der Waals surface area contributed by atoms with Gasteiger partial charge in [0.2, 0.25) is 5.91 Å². The number of benzene rings is 4. The molecule has 0 fully saturated rings. The third-order valence-corrected chi connectivity index (χ3v) is 6.87. The van der Waals surface area contributed by atoms with Crippen LogP contribution in [0.4, 0.5) is 11.4 Å². The lowest BCUT2D eigenvalue weighted by atomic mass is 10.1. The SMILES string of the molecule is CC(Sc1cccc(NC(=O)/C(=C/c2ccc(Cl)cc2)NC(=O)c2ccccc2)c1)C(=O)Nc1ccccc1. The van der Waals surface area contributed by atoms with Crippen LogP contribution in [-0.4, -0.2) is 23.0 Å². The second kappa shape index (κ2) is 13.5. The summed E-state index contributed by atoms with van der Waals surface area (Å²) in [6.07, 6.45) is 1.58. The number of amides is 3. The van der Waals surface area contributed by atoms with Gasteiger partial charge in [0, 0.05) is 26.9 Å². The van der Waals surface area contributed by atoms with Crippen molar-refractivity contribution in [1.29, 1.82) is 0 Å². The molecule has 0 saturated heterocycles. The van der Waals surface area contributed by atoms with Crippen molar-refractivity contribution in [3.05, 3.63) is 131 Å². The molecular weight excluding hydrogens is 530 g/mol. The van der Waals surface area contributed by atoms with Gasteiger partial charge in [-0.1, -0.05) is 66.2 Å². The zero-order chi connectivity index (χ0) is 27.6. The molecule has 3 N–H and O–H groups in total. The summed E-state index contributed by atoms with van der Waals surface area (Å²) in [5, 5.41) is 8.66. The van der Waals surface area contributed by atoms with Gasteiger partial charge in [0.05, 0.1) is 5.25 Å². The van der Waals surface area contributed by atoms with Crippen molar-refractivity contribution >= 4 is 58.5 Å². The molecular formula is C31H26ClN3O3S. The number of carbonyl (C=O) groups is 3. The molecule has 0 aromatic heterocycles. The second-order valence-corrected chi connectivity index (χ2v) is 10.4. The first-order valence-electron chi connectivity index (χ1n) is 12.1. The number of carbonyl (C=O) groups excluding carboxylic acids is 3. The number of hydrogen-bond donors (Lipinski definition) is 3. The van der Waals surface area contributed by atoms with Crippen LogP contribution in [0.2, 0.25) is 5.02 Å². The highest BCUT2D eigenvalue weighted by atomic mass is 35.5. The van der Waals surface area contributed by atoms with E-state index in [-0.39, 0.29) is 16.9 Å². The van der Waals surface area contributed by atoms with E-state index < -0.39 is 11.8 Å². The number of hydrogen-bond acceptors (Lipinski definition) is 4. The first kappa shape index (κ1) is 27.7. The highest BCUT2D eigenvalue weighted by Crippen LogP contribution is 2.27. The molecule has 4 aromatic rings. The normalized spacial score (nSPS) is 11.8. The smallest absolute Gasteiger partial charge is 0.272 e. The van der Waals surface area contributed by atoms with Gasteiger partial charge in [-0.05, 0) is 73.2 Å². The summed E-state index contributed by atoms with van der Waals surface area (Å²) in [5.74, 6) is -1.03. The monoisotopic (exact) mass is 555 g/mol. The van der Waals surface area contributed by atoms with Crippen LogP contribution in [0.15, 0.2) is 120 Å². The predicted molar refractivity (Wildman–Crippen MR) is 159 cm³/mol. The van der Waals surface area contributed by atoms with E-state index in [0.717, 1.165) is 10.6 Å². The van der Waals surface area contributed by atoms with E-state index in [1.165, 1.54) is 11.8 Å². The topological polar surface area (TPSA) is 87.3 Å². The second-order valence-electron chi connectivity index (χ2n) is 8.53. The first-order chi connectivity index (χ1) is 18.9. The van der Waals surface area contributed by atoms with E-state index >= 15 is 0 Å². The molecule has 1 unspecified atom stereocenters. The molecule has 4 aromatic carbocycles. The molecule has 39 heavy (non-hydrogen) atoms. The predicted octanol–water partition coefficient (Wildman–Crippen LogP) is 6.87. The van der Waals surface area contributed by atoms with Crippen LogP contribution >= 0.6 is 23.4 Å². The molecule has 6 nitrogen and oxygen atoms in total. The average molecular weight is 556 g/mol. The number of anilines is 2. The summed E-state index contributed by atoms with van der Waals surface area (Å²) >= 11 is 7.37. The van der Waals surface area contributed by atoms with Gasteiger partial charge in [-0.3, -0.25) is 14.4 Å². The number of halogens is 1. The summed E-state index contributed by atoms with van der Waals surface area (Å²) in [6, 6.07) is 32.0. The van der Waals surface area contributed by atoms with Crippen molar-refractivity contribution in [1.82, 2.24) is 5.32 Å². The molecule has 0 aliphatic heterocycles. The van der Waals surface area contributed by atoms with Gasteiger partial charge in [0.25, 0.3) is 11.8 Å². The standard InChI is InChI=1S/C31H26ClN3O3S/c1-21(29(36)33-25-11-6-3-7-12-25)39-27-14-8-13-26(20-27)34-31(38)28(19-22-15-17-24(32)18-16-22)35-30(37)23-9-4-2-5-10-23/h2-21H,1H3,(H,33,36)(H,34,38)(H,35,37)/b28-19-. The van der Waals surface area contributed by atoms with Crippen LogP contribution in [0, 0.1) is 0 Å². The van der Waals surface area contributed by atoms with Gasteiger partial charge < -0.3 is 16.0 Å². The van der Waals surface area contributed by atoms with E-state index in [1.54, 1.807) is 72.8 Å². The minimum absolute atomic E-state index is 0.0693. The van der Waals surface area contributed by atoms with Gasteiger partial charge in [0.1, 0.15) is 5.70 Å². The lowest BCUT2D eigenvalue weighted by Crippen LogP contribution is -2.30. The van der Waals surface area contributed by atoms with E-state index in [9.17, 15) is 14.4 Å². The quantitative estimate of drug-likeness (QED) is 0.155. The van der Waals surface area contributed by atoms with Crippen molar-refractivity contribution in [2.75, 3.05) is 10.6 Å². The first-order valence-corrected chi connectivity index (χ1v) is 13.4. The number of rotatable bonds is 9. The van der Waals surface area contributed by atoms with Crippen LogP contribution in [0.25, 0.3) is 6.08 Å². The molecule has 4 rings (SSSR count). The zero-order valence-electron chi connectivity index (χ0n) is 21.1. The average Bonchev–Trinajstić information content (AvgIpc) is 2.95. The highest BCUT2D eigenvalue weighted by Gasteiger charge is 2.17. The molecule has 0 bridgehead atoms. The molecule has 0 aliphatic rings. The highest BCUT2D eigenvalue weighted by molar-refractivity contribution is 8.00. The maximum atomic E-state index is 13.3. The number of nitrogens with one attached hydrogen (secondary N) is 3. The molecule has 0 spiro atoms. The van der Waals surface area contributed by atoms with E-state index in [2.05, 4.69) is 16.0 Å². The van der Waals surface area contributed by atoms with Crippen LogP contribution in [0.3, 0.4) is 0 Å². The van der Waals surface area contributed by atoms with E-state index in [1.807, 2.05) is 49.4 Å². The van der Waals surface area contributed by atoms with Crippen molar-refractivity contribution in [3.63, 3.8) is 0 Å². The number of thioether (sulfide) groups is 1. The van der Waals surface area contributed by atoms with Gasteiger partial charge in [-0.25, -0.2) is 0 Å². The number of para-hydroxylation sites is 1. The zero-order valence-corrected chi connectivity index (χ0v) is 22.6. The third-order valence-electron chi connectivity index (χ3n) is 5.53. The lowest BCUT2D eigenvalue weighted by Gasteiger charge is -2.14. The van der Waals surface area contributed by atoms with E-state index in [0.29, 0.717) is 21.8 Å². The van der Waals surface area contributed by atoms with Gasteiger partial charge in [0.15, 0.2) is 0 Å². The van der Waals surface area contributed by atoms with Crippen LogP contribution in [-0.2, 0) is 9.59 Å². The molecule has 0 heterocycles. The van der Waals surface area contributed by atoms with Crippen molar-refractivity contribution in [3.8, 4) is 0 Å². The van der Waals surface area contributed by atoms with E-state index in [4.69, 9.17) is 11.6 Å². The molecule has 196 valence electrons. The summed E-state index contributed by atoms with van der Waals surface area (Å²) in [4.78, 5) is 39.6. The third kappa shape index (κ3) is 8.33. The maximum absolute atomic E-state index is 13.3. The Kier molecular flexibility index (Phi) is 9.56. The Morgan fingerprint density at radius 1 is 0.769 bits per heavy atom. The van der Waals surface area contributed by atoms with Gasteiger partial charge >= 0.3 is 0 Å². The Balaban J connectivity index is 1.48. The molecule has 0 radical (unpaired) electrons. The summed E-state index contributed by atoms with van der Waals surface area (Å²) < 4.78 is 0. The molecule has 8 heteroatoms. The van der Waals surface area contributed by atoms with Crippen molar-refractivity contribution < 1.29 is 14.4 Å². The Morgan fingerprint density at radius 3 is 2.10 bits per heavy atom. The summed E-state index contributed by atoms with van der Waals surface area (Å²) in [6.45, 7) is 1.82. The van der Waals surface area contributed by atoms with Crippen molar-refractivity contribution in [2.45, 2.75) is 17.1 Å². The summed E-state index contributed by atoms with van der Waals surface area (Å²) in [5.41, 5.74) is 2.44. The fourth-order valence-electron chi connectivity index (χ4n) is 3.54. The Hall–Kier alpha value is -4.33. The van der Waals surface area contributed by atoms with Crippen LogP contribution in [0.5, 0.6) is 0 Å². The van der Waals surface area contributed by atoms with Gasteiger partial charge in [-0.15, -0.1) is 11.8 Å². The van der Waals surface area contributed by atoms with Crippen LogP contribution < -0.4 is 16.0 Å². The van der Waals surface area contributed by atoms with Gasteiger partial charge in [-0.2, -0.15) is 0 Å².